The first-order valence-corrected chi connectivity index (χ1v) is 6.96. The lowest BCUT2D eigenvalue weighted by atomic mass is 9.94. The van der Waals surface area contributed by atoms with Crippen LogP contribution in [0.2, 0.25) is 0 Å². The fraction of sp³-hybridized carbons (Fsp3) is 0.500. The molecule has 1 aliphatic rings. The van der Waals surface area contributed by atoms with Gasteiger partial charge in [0.1, 0.15) is 18.0 Å². The molecule has 4 N–H and O–H groups in total. The molecular formula is C14H16N4O5. The van der Waals surface area contributed by atoms with Gasteiger partial charge in [0.05, 0.1) is 12.9 Å². The summed E-state index contributed by atoms with van der Waals surface area (Å²) in [5, 5.41) is 30.3. The summed E-state index contributed by atoms with van der Waals surface area (Å²) in [6.07, 6.45) is -2.33. The summed E-state index contributed by atoms with van der Waals surface area (Å²) >= 11 is 0. The van der Waals surface area contributed by atoms with E-state index in [2.05, 4.69) is 26.8 Å². The van der Waals surface area contributed by atoms with E-state index < -0.39 is 36.2 Å². The predicted octanol–water partition coefficient (Wildman–Crippen LogP) is -1.57. The van der Waals surface area contributed by atoms with Crippen LogP contribution in [0.25, 0.3) is 11.2 Å². The maximum Gasteiger partial charge on any atom is 0.279 e. The maximum absolute atomic E-state index is 11.9. The minimum atomic E-state index is -1.96. The zero-order chi connectivity index (χ0) is 16.8. The van der Waals surface area contributed by atoms with Crippen LogP contribution in [0.15, 0.2) is 11.1 Å². The van der Waals surface area contributed by atoms with Crippen molar-refractivity contribution in [2.24, 2.45) is 0 Å². The van der Waals surface area contributed by atoms with E-state index in [1.54, 1.807) is 6.92 Å². The smallest absolute Gasteiger partial charge is 0.279 e. The zero-order valence-corrected chi connectivity index (χ0v) is 12.5. The van der Waals surface area contributed by atoms with Crippen LogP contribution in [0.1, 0.15) is 19.0 Å². The van der Waals surface area contributed by atoms with Gasteiger partial charge >= 0.3 is 0 Å². The number of fused-ring (bicyclic) bond motifs is 1. The molecule has 23 heavy (non-hydrogen) atoms. The number of nitrogens with zero attached hydrogens (tertiary/aromatic N) is 3. The molecule has 1 unspecified atom stereocenters. The van der Waals surface area contributed by atoms with Crippen molar-refractivity contribution in [3.8, 4) is 11.8 Å². The van der Waals surface area contributed by atoms with E-state index in [1.807, 2.05) is 0 Å². The molecule has 0 amide bonds. The number of H-pyrrole nitrogens is 1. The van der Waals surface area contributed by atoms with Gasteiger partial charge in [0.15, 0.2) is 23.0 Å². The highest BCUT2D eigenvalue weighted by atomic mass is 16.6. The van der Waals surface area contributed by atoms with E-state index in [-0.39, 0.29) is 11.2 Å². The minimum Gasteiger partial charge on any atom is -0.394 e. The topological polar surface area (TPSA) is 133 Å². The van der Waals surface area contributed by atoms with E-state index in [1.165, 1.54) is 17.8 Å². The molecule has 0 saturated carbocycles. The molecule has 2 aromatic rings. The van der Waals surface area contributed by atoms with Gasteiger partial charge in [-0.1, -0.05) is 5.92 Å². The number of imidazole rings is 1. The lowest BCUT2D eigenvalue weighted by molar-refractivity contribution is -0.0722. The van der Waals surface area contributed by atoms with Gasteiger partial charge in [-0.05, 0) is 13.8 Å². The van der Waals surface area contributed by atoms with Gasteiger partial charge in [-0.2, -0.15) is 0 Å². The summed E-state index contributed by atoms with van der Waals surface area (Å²) in [5.74, 6) is 5.44. The van der Waals surface area contributed by atoms with E-state index in [0.29, 0.717) is 5.82 Å². The molecular weight excluding hydrogens is 304 g/mol. The molecule has 2 aromatic heterocycles. The quantitative estimate of drug-likeness (QED) is 0.491. The Morgan fingerprint density at radius 3 is 2.96 bits per heavy atom. The Labute approximate surface area is 130 Å². The molecule has 9 nitrogen and oxygen atoms in total. The molecule has 1 saturated heterocycles. The number of aryl methyl sites for hydroxylation is 1. The third kappa shape index (κ3) is 2.24. The standard InChI is InChI=1S/C14H16N4O5/c1-3-4-14(22)10(20)8(5-19)23-13(14)18-6-15-9-11(18)16-7(2)17-12(9)21/h6,8,10,13,19-20,22H,5H2,1-2H3,(H,16,17,21)/t8-,10+,13-,14?/m1/s1. The Bertz CT molecular complexity index is 863. The van der Waals surface area contributed by atoms with Crippen LogP contribution in [-0.4, -0.2) is 59.3 Å². The van der Waals surface area contributed by atoms with Crippen molar-refractivity contribution in [2.45, 2.75) is 37.9 Å². The number of nitrogens with one attached hydrogen (secondary N) is 1. The van der Waals surface area contributed by atoms with Crippen LogP contribution in [0.3, 0.4) is 0 Å². The van der Waals surface area contributed by atoms with Gasteiger partial charge in [0.25, 0.3) is 5.56 Å². The SMILES string of the molecule is CC#CC1(O)[C@@H](O)[C@@H](CO)O[C@H]1n1cnc2c(=O)[nH]c(C)nc21. The van der Waals surface area contributed by atoms with Gasteiger partial charge in [-0.3, -0.25) is 9.36 Å². The molecule has 1 fully saturated rings. The molecule has 0 aliphatic carbocycles. The third-order valence-corrected chi connectivity index (χ3v) is 3.79. The van der Waals surface area contributed by atoms with Gasteiger partial charge in [0, 0.05) is 0 Å². The van der Waals surface area contributed by atoms with E-state index in [4.69, 9.17) is 4.74 Å². The van der Waals surface area contributed by atoms with Crippen molar-refractivity contribution in [2.75, 3.05) is 6.61 Å². The van der Waals surface area contributed by atoms with Crippen LogP contribution in [0.4, 0.5) is 0 Å². The Hall–Kier alpha value is -2.25. The van der Waals surface area contributed by atoms with E-state index in [9.17, 15) is 20.1 Å². The number of aliphatic hydroxyl groups excluding tert-OH is 2. The van der Waals surface area contributed by atoms with E-state index in [0.717, 1.165) is 0 Å². The largest absolute Gasteiger partial charge is 0.394 e. The molecule has 0 spiro atoms. The highest BCUT2D eigenvalue weighted by Crippen LogP contribution is 2.39. The minimum absolute atomic E-state index is 0.0768. The summed E-state index contributed by atoms with van der Waals surface area (Å²) in [4.78, 5) is 22.6. The second kappa shape index (κ2) is 5.43. The Kier molecular flexibility index (Phi) is 3.69. The summed E-state index contributed by atoms with van der Waals surface area (Å²) in [5.41, 5.74) is -2.12. The monoisotopic (exact) mass is 320 g/mol. The number of rotatable bonds is 2. The van der Waals surface area contributed by atoms with Crippen molar-refractivity contribution >= 4 is 11.2 Å². The number of aliphatic hydroxyl groups is 3. The maximum atomic E-state index is 11.9. The number of hydrogen-bond donors (Lipinski definition) is 4. The van der Waals surface area contributed by atoms with Gasteiger partial charge < -0.3 is 25.0 Å². The molecule has 0 aromatic carbocycles. The number of aromatic nitrogens is 4. The lowest BCUT2D eigenvalue weighted by Crippen LogP contribution is -2.45. The first-order valence-electron chi connectivity index (χ1n) is 6.96. The fourth-order valence-electron chi connectivity index (χ4n) is 2.74. The van der Waals surface area contributed by atoms with Crippen molar-refractivity contribution in [3.63, 3.8) is 0 Å². The molecule has 122 valence electrons. The molecule has 1 aliphatic heterocycles. The van der Waals surface area contributed by atoms with E-state index >= 15 is 0 Å². The van der Waals surface area contributed by atoms with Crippen molar-refractivity contribution < 1.29 is 20.1 Å². The fourth-order valence-corrected chi connectivity index (χ4v) is 2.74. The van der Waals surface area contributed by atoms with Crippen molar-refractivity contribution in [3.05, 3.63) is 22.5 Å². The Morgan fingerprint density at radius 1 is 1.57 bits per heavy atom. The first-order chi connectivity index (χ1) is 10.9. The van der Waals surface area contributed by atoms with Gasteiger partial charge in [0.2, 0.25) is 0 Å². The molecule has 4 atom stereocenters. The summed E-state index contributed by atoms with van der Waals surface area (Å²) in [7, 11) is 0. The zero-order valence-electron chi connectivity index (χ0n) is 12.5. The number of aromatic amines is 1. The average Bonchev–Trinajstić information content (AvgIpc) is 3.01. The molecule has 3 heterocycles. The van der Waals surface area contributed by atoms with Gasteiger partial charge in [-0.15, -0.1) is 5.92 Å². The number of hydrogen-bond acceptors (Lipinski definition) is 7. The molecule has 0 bridgehead atoms. The summed E-state index contributed by atoms with van der Waals surface area (Å²) in [6, 6.07) is 0. The summed E-state index contributed by atoms with van der Waals surface area (Å²) < 4.78 is 6.88. The molecule has 3 rings (SSSR count). The second-order valence-electron chi connectivity index (χ2n) is 5.33. The normalized spacial score (nSPS) is 30.4. The number of ether oxygens (including phenoxy) is 1. The van der Waals surface area contributed by atoms with Crippen LogP contribution in [0.5, 0.6) is 0 Å². The molecule has 9 heteroatoms. The highest BCUT2D eigenvalue weighted by Gasteiger charge is 2.55. The van der Waals surface area contributed by atoms with Crippen LogP contribution in [-0.2, 0) is 4.74 Å². The Balaban J connectivity index is 2.20. The third-order valence-electron chi connectivity index (χ3n) is 3.79. The lowest BCUT2D eigenvalue weighted by Gasteiger charge is -2.26. The first kappa shape index (κ1) is 15.6. The predicted molar refractivity (Wildman–Crippen MR) is 78.3 cm³/mol. The second-order valence-corrected chi connectivity index (χ2v) is 5.33. The van der Waals surface area contributed by atoms with Crippen LogP contribution in [0, 0.1) is 18.8 Å². The van der Waals surface area contributed by atoms with Crippen LogP contribution < -0.4 is 5.56 Å². The molecule has 0 radical (unpaired) electrons. The van der Waals surface area contributed by atoms with Crippen molar-refractivity contribution in [1.82, 2.24) is 19.5 Å². The average molecular weight is 320 g/mol. The Morgan fingerprint density at radius 2 is 2.30 bits per heavy atom. The van der Waals surface area contributed by atoms with Crippen LogP contribution >= 0.6 is 0 Å². The highest BCUT2D eigenvalue weighted by molar-refractivity contribution is 5.69. The van der Waals surface area contributed by atoms with Gasteiger partial charge in [-0.25, -0.2) is 9.97 Å². The van der Waals surface area contributed by atoms with Crippen molar-refractivity contribution in [1.29, 1.82) is 0 Å². The summed E-state index contributed by atoms with van der Waals surface area (Å²) in [6.45, 7) is 2.62.